The van der Waals surface area contributed by atoms with Gasteiger partial charge in [0.2, 0.25) is 0 Å². The number of aromatic nitrogens is 1. The number of pyridine rings is 1. The maximum atomic E-state index is 11.9. The molecule has 0 aliphatic carbocycles. The van der Waals surface area contributed by atoms with Gasteiger partial charge in [-0.15, -0.1) is 0 Å². The number of aryl methyl sites for hydroxylation is 1. The van der Waals surface area contributed by atoms with Crippen molar-refractivity contribution in [1.82, 2.24) is 9.99 Å². The third-order valence-electron chi connectivity index (χ3n) is 3.48. The first-order valence-corrected chi connectivity index (χ1v) is 9.78. The van der Waals surface area contributed by atoms with Gasteiger partial charge < -0.3 is 20.2 Å². The number of carbonyl (C=O) groups excluding carboxylic acids is 1. The summed E-state index contributed by atoms with van der Waals surface area (Å²) in [4.78, 5) is 26.2. The van der Waals surface area contributed by atoms with Crippen LogP contribution in [0, 0.1) is 17.0 Å². The summed E-state index contributed by atoms with van der Waals surface area (Å²) in [7, 11) is 1.54. The molecule has 0 saturated heterocycles. The van der Waals surface area contributed by atoms with Crippen LogP contribution in [-0.4, -0.2) is 34.7 Å². The van der Waals surface area contributed by atoms with Crippen molar-refractivity contribution in [2.75, 3.05) is 13.7 Å². The predicted octanol–water partition coefficient (Wildman–Crippen LogP) is 4.00. The molecule has 0 aliphatic rings. The Morgan fingerprint density at radius 3 is 2.19 bits per heavy atom. The van der Waals surface area contributed by atoms with Gasteiger partial charge in [0.1, 0.15) is 12.4 Å². The standard InChI is InChI=1S/C17H19N5O5.2C2H6/c1-11-4-3-5-14(20-11)16(18)15(21(2)19)10-26-17(23)27-13-8-6-12(7-9-13)22(24)25;2*1-2/h3-9H,10,18-19H2,1-2H3;2*1-2H3/b16-15-;;. The van der Waals surface area contributed by atoms with E-state index >= 15 is 0 Å². The van der Waals surface area contributed by atoms with Gasteiger partial charge in [0.05, 0.1) is 22.0 Å². The molecule has 1 aromatic heterocycles. The zero-order chi connectivity index (χ0) is 24.0. The molecular weight excluding hydrogens is 402 g/mol. The molecule has 31 heavy (non-hydrogen) atoms. The third kappa shape index (κ3) is 9.13. The van der Waals surface area contributed by atoms with Crippen LogP contribution in [0.15, 0.2) is 48.2 Å². The Kier molecular flexibility index (Phi) is 12.6. The molecule has 1 aromatic carbocycles. The smallest absolute Gasteiger partial charge is 0.427 e. The number of nitrogens with zero attached hydrogens (tertiary/aromatic N) is 3. The zero-order valence-corrected chi connectivity index (χ0v) is 18.8. The van der Waals surface area contributed by atoms with Crippen LogP contribution in [0.3, 0.4) is 0 Å². The van der Waals surface area contributed by atoms with Gasteiger partial charge >= 0.3 is 6.16 Å². The first-order valence-electron chi connectivity index (χ1n) is 9.78. The molecule has 2 aromatic rings. The number of nitrogens with two attached hydrogens (primary N) is 2. The summed E-state index contributed by atoms with van der Waals surface area (Å²) in [6.07, 6.45) is -1.01. The van der Waals surface area contributed by atoms with Crippen molar-refractivity contribution in [3.05, 3.63) is 69.7 Å². The highest BCUT2D eigenvalue weighted by atomic mass is 16.7. The largest absolute Gasteiger partial charge is 0.514 e. The lowest BCUT2D eigenvalue weighted by atomic mass is 10.2. The van der Waals surface area contributed by atoms with E-state index in [0.29, 0.717) is 11.4 Å². The van der Waals surface area contributed by atoms with Gasteiger partial charge in [-0.05, 0) is 31.2 Å². The molecule has 0 saturated carbocycles. The summed E-state index contributed by atoms with van der Waals surface area (Å²) in [5.41, 5.74) is 7.82. The van der Waals surface area contributed by atoms with Crippen LogP contribution in [0.2, 0.25) is 0 Å². The maximum absolute atomic E-state index is 11.9. The van der Waals surface area contributed by atoms with Crippen LogP contribution in [0.4, 0.5) is 10.5 Å². The van der Waals surface area contributed by atoms with E-state index in [1.54, 1.807) is 19.2 Å². The summed E-state index contributed by atoms with van der Waals surface area (Å²) >= 11 is 0. The predicted molar refractivity (Wildman–Crippen MR) is 120 cm³/mol. The van der Waals surface area contributed by atoms with E-state index in [1.807, 2.05) is 40.7 Å². The van der Waals surface area contributed by atoms with Gasteiger partial charge in [0, 0.05) is 24.9 Å². The Labute approximate surface area is 182 Å². The minimum atomic E-state index is -1.01. The third-order valence-corrected chi connectivity index (χ3v) is 3.48. The molecular formula is C21H31N5O5. The van der Waals surface area contributed by atoms with Crippen molar-refractivity contribution >= 4 is 17.5 Å². The summed E-state index contributed by atoms with van der Waals surface area (Å²) in [6.45, 7) is 9.57. The van der Waals surface area contributed by atoms with Crippen molar-refractivity contribution < 1.29 is 19.2 Å². The molecule has 4 N–H and O–H groups in total. The van der Waals surface area contributed by atoms with Crippen LogP contribution < -0.4 is 16.3 Å². The summed E-state index contributed by atoms with van der Waals surface area (Å²) in [6, 6.07) is 10.3. The lowest BCUT2D eigenvalue weighted by Gasteiger charge is -2.19. The lowest BCUT2D eigenvalue weighted by Crippen LogP contribution is -2.31. The molecule has 0 unspecified atom stereocenters. The average Bonchev–Trinajstić information content (AvgIpc) is 2.76. The van der Waals surface area contributed by atoms with E-state index in [4.69, 9.17) is 21.1 Å². The maximum Gasteiger partial charge on any atom is 0.514 e. The number of carbonyl (C=O) groups is 1. The molecule has 10 heteroatoms. The number of non-ortho nitro benzene ring substituents is 1. The Bertz CT molecular complexity index is 867. The van der Waals surface area contributed by atoms with Crippen molar-refractivity contribution in [2.24, 2.45) is 11.6 Å². The second-order valence-corrected chi connectivity index (χ2v) is 5.53. The second-order valence-electron chi connectivity index (χ2n) is 5.53. The first-order chi connectivity index (χ1) is 14.8. The molecule has 0 atom stereocenters. The van der Waals surface area contributed by atoms with E-state index in [9.17, 15) is 14.9 Å². The van der Waals surface area contributed by atoms with Crippen molar-refractivity contribution in [3.8, 4) is 5.75 Å². The van der Waals surface area contributed by atoms with E-state index in [-0.39, 0.29) is 23.7 Å². The monoisotopic (exact) mass is 433 g/mol. The van der Waals surface area contributed by atoms with Gasteiger partial charge in [0.15, 0.2) is 0 Å². The number of nitro benzene ring substituents is 1. The molecule has 0 bridgehead atoms. The molecule has 2 rings (SSSR count). The molecule has 0 fully saturated rings. The molecule has 0 radical (unpaired) electrons. The van der Waals surface area contributed by atoms with Gasteiger partial charge in [-0.2, -0.15) is 0 Å². The van der Waals surface area contributed by atoms with Crippen LogP contribution in [-0.2, 0) is 4.74 Å². The Balaban J connectivity index is 0.00000212. The summed E-state index contributed by atoms with van der Waals surface area (Å²) in [5.74, 6) is 5.87. The highest BCUT2D eigenvalue weighted by molar-refractivity contribution is 5.66. The number of ether oxygens (including phenoxy) is 2. The Hall–Kier alpha value is -3.66. The van der Waals surface area contributed by atoms with Gasteiger partial charge in [0.25, 0.3) is 5.69 Å². The second kappa shape index (κ2) is 14.3. The number of benzene rings is 1. The molecule has 10 nitrogen and oxygen atoms in total. The van der Waals surface area contributed by atoms with Gasteiger partial charge in [-0.1, -0.05) is 33.8 Å². The first kappa shape index (κ1) is 27.3. The zero-order valence-electron chi connectivity index (χ0n) is 18.8. The SMILES string of the molecule is CC.CC.Cc1cccc(/C(N)=C(\COC(=O)Oc2ccc([N+](=O)[O-])cc2)N(C)N)n1. The minimum Gasteiger partial charge on any atom is -0.427 e. The minimum absolute atomic E-state index is 0.102. The van der Waals surface area contributed by atoms with Crippen molar-refractivity contribution in [2.45, 2.75) is 34.6 Å². The Morgan fingerprint density at radius 1 is 1.13 bits per heavy atom. The number of hydrogen-bond donors (Lipinski definition) is 2. The van der Waals surface area contributed by atoms with E-state index in [1.165, 1.54) is 29.3 Å². The molecule has 0 aliphatic heterocycles. The number of hydrazine groups is 1. The number of nitro groups is 1. The summed E-state index contributed by atoms with van der Waals surface area (Å²) < 4.78 is 10.00. The highest BCUT2D eigenvalue weighted by Gasteiger charge is 2.15. The van der Waals surface area contributed by atoms with Gasteiger partial charge in [-0.25, -0.2) is 10.6 Å². The van der Waals surface area contributed by atoms with E-state index in [0.717, 1.165) is 5.69 Å². The van der Waals surface area contributed by atoms with Crippen LogP contribution in [0.1, 0.15) is 39.1 Å². The summed E-state index contributed by atoms with van der Waals surface area (Å²) in [5, 5.41) is 11.8. The highest BCUT2D eigenvalue weighted by Crippen LogP contribution is 2.18. The number of hydrogen-bond acceptors (Lipinski definition) is 9. The van der Waals surface area contributed by atoms with E-state index in [2.05, 4.69) is 4.98 Å². The number of rotatable bonds is 6. The molecule has 0 spiro atoms. The Morgan fingerprint density at radius 2 is 1.71 bits per heavy atom. The molecule has 170 valence electrons. The van der Waals surface area contributed by atoms with Crippen LogP contribution in [0.25, 0.3) is 5.70 Å². The normalized spacial score (nSPS) is 10.3. The molecule has 1 heterocycles. The topological polar surface area (TPSA) is 147 Å². The quantitative estimate of drug-likeness (QED) is 0.227. The fourth-order valence-corrected chi connectivity index (χ4v) is 2.10. The fraction of sp³-hybridized carbons (Fsp3) is 0.333. The van der Waals surface area contributed by atoms with Gasteiger partial charge in [-0.3, -0.25) is 15.1 Å². The van der Waals surface area contributed by atoms with Crippen molar-refractivity contribution in [3.63, 3.8) is 0 Å². The van der Waals surface area contributed by atoms with Crippen LogP contribution >= 0.6 is 0 Å². The fourth-order valence-electron chi connectivity index (χ4n) is 2.10. The number of likely N-dealkylation sites (N-methyl/N-ethyl adjacent to an activating group) is 1. The average molecular weight is 434 g/mol. The van der Waals surface area contributed by atoms with Crippen LogP contribution in [0.5, 0.6) is 5.75 Å². The lowest BCUT2D eigenvalue weighted by molar-refractivity contribution is -0.384. The van der Waals surface area contributed by atoms with Crippen molar-refractivity contribution in [1.29, 1.82) is 0 Å². The molecule has 0 amide bonds. The van der Waals surface area contributed by atoms with E-state index < -0.39 is 11.1 Å².